The smallest absolute Gasteiger partial charge is 0.409 e. The second kappa shape index (κ2) is 11.0. The number of hydrogen-bond acceptors (Lipinski definition) is 7. The van der Waals surface area contributed by atoms with Crippen LogP contribution >= 0.6 is 0 Å². The number of aromatic nitrogens is 1. The van der Waals surface area contributed by atoms with E-state index in [0.29, 0.717) is 25.3 Å². The molecule has 202 valence electrons. The fourth-order valence-corrected chi connectivity index (χ4v) is 6.18. The maximum absolute atomic E-state index is 12.4. The maximum Gasteiger partial charge on any atom is 0.409 e. The van der Waals surface area contributed by atoms with Gasteiger partial charge in [-0.3, -0.25) is 4.98 Å². The van der Waals surface area contributed by atoms with E-state index in [9.17, 15) is 13.2 Å². The fourth-order valence-electron chi connectivity index (χ4n) is 4.79. The van der Waals surface area contributed by atoms with Crippen molar-refractivity contribution >= 4 is 15.9 Å². The Morgan fingerprint density at radius 2 is 1.92 bits per heavy atom. The first-order valence-electron chi connectivity index (χ1n) is 13.0. The van der Waals surface area contributed by atoms with Crippen LogP contribution in [0.15, 0.2) is 36.5 Å². The average Bonchev–Trinajstić information content (AvgIpc) is 2.86. The number of piperidine rings is 1. The molecule has 0 bridgehead atoms. The van der Waals surface area contributed by atoms with Crippen molar-refractivity contribution in [3.05, 3.63) is 47.7 Å². The molecular formula is C28H38N2O6S. The summed E-state index contributed by atoms with van der Waals surface area (Å²) in [5.41, 5.74) is 3.20. The highest BCUT2D eigenvalue weighted by molar-refractivity contribution is 7.90. The van der Waals surface area contributed by atoms with Gasteiger partial charge in [-0.2, -0.15) is 0 Å². The Labute approximate surface area is 219 Å². The zero-order valence-electron chi connectivity index (χ0n) is 22.0. The van der Waals surface area contributed by atoms with E-state index in [0.717, 1.165) is 48.3 Å². The van der Waals surface area contributed by atoms with E-state index in [1.54, 1.807) is 17.2 Å². The van der Waals surface area contributed by atoms with E-state index in [2.05, 4.69) is 11.1 Å². The Morgan fingerprint density at radius 3 is 2.57 bits per heavy atom. The van der Waals surface area contributed by atoms with Gasteiger partial charge in [0.15, 0.2) is 9.84 Å². The van der Waals surface area contributed by atoms with Crippen molar-refractivity contribution in [2.24, 2.45) is 5.41 Å². The van der Waals surface area contributed by atoms with E-state index < -0.39 is 9.84 Å². The molecule has 9 heteroatoms. The van der Waals surface area contributed by atoms with Crippen LogP contribution in [-0.2, 0) is 26.7 Å². The molecule has 1 aromatic heterocycles. The number of benzene rings is 1. The lowest BCUT2D eigenvalue weighted by Gasteiger charge is -2.44. The van der Waals surface area contributed by atoms with Crippen molar-refractivity contribution in [2.45, 2.75) is 64.2 Å². The molecule has 37 heavy (non-hydrogen) atoms. The summed E-state index contributed by atoms with van der Waals surface area (Å²) >= 11 is 0. The molecule has 1 aromatic carbocycles. The molecule has 2 aliphatic rings. The number of carbonyl (C=O) groups is 1. The minimum absolute atomic E-state index is 0.0309. The van der Waals surface area contributed by atoms with Crippen LogP contribution in [0, 0.1) is 5.41 Å². The van der Waals surface area contributed by atoms with Gasteiger partial charge in [0.25, 0.3) is 0 Å². The number of aliphatic hydroxyl groups is 1. The largest absolute Gasteiger partial charge is 0.487 e. The van der Waals surface area contributed by atoms with Crippen molar-refractivity contribution in [1.29, 1.82) is 0 Å². The summed E-state index contributed by atoms with van der Waals surface area (Å²) < 4.78 is 36.3. The number of carbonyl (C=O) groups excluding carboxylic acids is 1. The third kappa shape index (κ3) is 7.23. The summed E-state index contributed by atoms with van der Waals surface area (Å²) in [5, 5.41) is 8.88. The van der Waals surface area contributed by atoms with E-state index in [1.807, 2.05) is 39.0 Å². The van der Waals surface area contributed by atoms with Crippen molar-refractivity contribution in [3.63, 3.8) is 0 Å². The van der Waals surface area contributed by atoms with Crippen LogP contribution in [-0.4, -0.2) is 67.2 Å². The van der Waals surface area contributed by atoms with Crippen LogP contribution < -0.4 is 4.74 Å². The van der Waals surface area contributed by atoms with Gasteiger partial charge in [-0.1, -0.05) is 26.8 Å². The highest BCUT2D eigenvalue weighted by Crippen LogP contribution is 2.40. The zero-order valence-corrected chi connectivity index (χ0v) is 22.8. The van der Waals surface area contributed by atoms with Gasteiger partial charge in [-0.15, -0.1) is 0 Å². The van der Waals surface area contributed by atoms with Crippen molar-refractivity contribution < 1.29 is 27.8 Å². The van der Waals surface area contributed by atoms with Gasteiger partial charge in [0.1, 0.15) is 11.4 Å². The quantitative estimate of drug-likeness (QED) is 0.566. The number of pyridine rings is 1. The lowest BCUT2D eigenvalue weighted by atomic mass is 9.83. The van der Waals surface area contributed by atoms with Crippen LogP contribution in [0.2, 0.25) is 0 Å². The summed E-state index contributed by atoms with van der Waals surface area (Å²) in [5.74, 6) is 0.772. The molecule has 0 radical (unpaired) electrons. The van der Waals surface area contributed by atoms with E-state index >= 15 is 0 Å². The summed E-state index contributed by atoms with van der Waals surface area (Å²) in [7, 11) is -3.26. The van der Waals surface area contributed by atoms with E-state index in [1.165, 1.54) is 0 Å². The van der Waals surface area contributed by atoms with Gasteiger partial charge >= 0.3 is 6.09 Å². The third-order valence-corrected chi connectivity index (χ3v) is 8.60. The Balaban J connectivity index is 1.36. The van der Waals surface area contributed by atoms with Gasteiger partial charge < -0.3 is 19.5 Å². The van der Waals surface area contributed by atoms with Gasteiger partial charge in [-0.25, -0.2) is 13.2 Å². The molecule has 1 fully saturated rings. The lowest BCUT2D eigenvalue weighted by Crippen LogP contribution is -2.51. The molecule has 4 rings (SSSR count). The first kappa shape index (κ1) is 27.4. The van der Waals surface area contributed by atoms with Crippen molar-refractivity contribution in [3.8, 4) is 17.0 Å². The van der Waals surface area contributed by atoms with Crippen LogP contribution in [0.25, 0.3) is 11.3 Å². The SMILES string of the molecule is CC(C)(C)COC(=O)N1CCC2(CCc3cc(-c4ccc(CS(=O)(=O)CCCO)cn4)ccc3O2)CC1. The average molecular weight is 531 g/mol. The molecule has 1 spiro atoms. The standard InChI is InChI=1S/C28H38N2O6S/c1-27(2,3)20-35-26(32)30-13-11-28(12-14-30)10-9-23-17-22(6-8-25(23)36-28)24-7-5-21(18-29-24)19-37(33,34)16-4-15-31/h5-8,17-18,31H,4,9-16,19-20H2,1-3H3. The predicted molar refractivity (Wildman–Crippen MR) is 142 cm³/mol. The van der Waals surface area contributed by atoms with Gasteiger partial charge in [0.2, 0.25) is 0 Å². The number of fused-ring (bicyclic) bond motifs is 1. The number of amides is 1. The van der Waals surface area contributed by atoms with Gasteiger partial charge in [0.05, 0.1) is 23.8 Å². The summed E-state index contributed by atoms with van der Waals surface area (Å²) in [6, 6.07) is 9.71. The summed E-state index contributed by atoms with van der Waals surface area (Å²) in [4.78, 5) is 18.7. The Bertz CT molecular complexity index is 1200. The van der Waals surface area contributed by atoms with Crippen LogP contribution in [0.4, 0.5) is 4.79 Å². The van der Waals surface area contributed by atoms with Gasteiger partial charge in [0, 0.05) is 44.3 Å². The number of rotatable bonds is 7. The first-order chi connectivity index (χ1) is 17.5. The number of nitrogens with zero attached hydrogens (tertiary/aromatic N) is 2. The number of sulfone groups is 1. The molecule has 0 unspecified atom stereocenters. The first-order valence-corrected chi connectivity index (χ1v) is 14.8. The molecular weight excluding hydrogens is 492 g/mol. The van der Waals surface area contributed by atoms with Crippen LogP contribution in [0.5, 0.6) is 5.75 Å². The molecule has 2 aliphatic heterocycles. The normalized spacial score (nSPS) is 17.2. The second-order valence-electron chi connectivity index (χ2n) is 11.4. The fraction of sp³-hybridized carbons (Fsp3) is 0.571. The highest BCUT2D eigenvalue weighted by atomic mass is 32.2. The molecule has 1 amide bonds. The number of likely N-dealkylation sites (tertiary alicyclic amines) is 1. The van der Waals surface area contributed by atoms with Crippen LogP contribution in [0.3, 0.4) is 0 Å². The minimum atomic E-state index is -3.26. The molecule has 0 saturated carbocycles. The molecule has 1 saturated heterocycles. The topological polar surface area (TPSA) is 106 Å². The van der Waals surface area contributed by atoms with Crippen LogP contribution in [0.1, 0.15) is 57.6 Å². The Kier molecular flexibility index (Phi) is 8.14. The molecule has 3 heterocycles. The Morgan fingerprint density at radius 1 is 1.16 bits per heavy atom. The van der Waals surface area contributed by atoms with E-state index in [-0.39, 0.29) is 41.6 Å². The predicted octanol–water partition coefficient (Wildman–Crippen LogP) is 4.39. The summed E-state index contributed by atoms with van der Waals surface area (Å²) in [6.45, 7) is 7.66. The number of aryl methyl sites for hydroxylation is 1. The minimum Gasteiger partial charge on any atom is -0.487 e. The third-order valence-electron chi connectivity index (χ3n) is 6.92. The summed E-state index contributed by atoms with van der Waals surface area (Å²) in [6.07, 6.45) is 4.95. The molecule has 1 N–H and O–H groups in total. The maximum atomic E-state index is 12.4. The second-order valence-corrected chi connectivity index (χ2v) is 13.6. The number of hydrogen-bond donors (Lipinski definition) is 1. The highest BCUT2D eigenvalue weighted by Gasteiger charge is 2.41. The molecule has 0 aliphatic carbocycles. The number of aliphatic hydroxyl groups excluding tert-OH is 1. The molecule has 2 aromatic rings. The molecule has 8 nitrogen and oxygen atoms in total. The number of ether oxygens (including phenoxy) is 2. The monoisotopic (exact) mass is 530 g/mol. The molecule has 0 atom stereocenters. The Hall–Kier alpha value is -2.65. The van der Waals surface area contributed by atoms with Crippen molar-refractivity contribution in [2.75, 3.05) is 32.1 Å². The lowest BCUT2D eigenvalue weighted by molar-refractivity contribution is -0.0171. The zero-order chi connectivity index (χ0) is 26.7. The van der Waals surface area contributed by atoms with E-state index in [4.69, 9.17) is 14.6 Å². The van der Waals surface area contributed by atoms with Gasteiger partial charge in [-0.05, 0) is 60.1 Å². The van der Waals surface area contributed by atoms with Crippen molar-refractivity contribution in [1.82, 2.24) is 9.88 Å².